The van der Waals surface area contributed by atoms with E-state index in [-0.39, 0.29) is 35.2 Å². The number of rotatable bonds is 3. The number of piperidine rings is 1. The summed E-state index contributed by atoms with van der Waals surface area (Å²) in [6, 6.07) is 4.64. The minimum Gasteiger partial charge on any atom is -0.349 e. The molecule has 1 fully saturated rings. The third kappa shape index (κ3) is 3.66. The molecule has 4 amide bonds. The van der Waals surface area contributed by atoms with Crippen molar-refractivity contribution in [1.82, 2.24) is 15.1 Å². The Hall–Kier alpha value is -2.70. The van der Waals surface area contributed by atoms with Crippen LogP contribution in [0.5, 0.6) is 0 Å². The van der Waals surface area contributed by atoms with E-state index in [1.54, 1.807) is 32.9 Å². The molecular weight excluding hydrogens is 358 g/mol. The molecule has 0 atom stereocenters. The Labute approximate surface area is 165 Å². The number of nitrogens with one attached hydrogen (secondary N) is 1. The van der Waals surface area contributed by atoms with E-state index in [0.717, 1.165) is 0 Å². The summed E-state index contributed by atoms with van der Waals surface area (Å²) >= 11 is 0. The van der Waals surface area contributed by atoms with Crippen LogP contribution in [0.3, 0.4) is 0 Å². The summed E-state index contributed by atoms with van der Waals surface area (Å²) in [6.45, 7) is 8.52. The fourth-order valence-electron chi connectivity index (χ4n) is 3.76. The number of amides is 4. The first kappa shape index (κ1) is 20.0. The van der Waals surface area contributed by atoms with Gasteiger partial charge in [-0.05, 0) is 51.8 Å². The van der Waals surface area contributed by atoms with Gasteiger partial charge >= 0.3 is 0 Å². The summed E-state index contributed by atoms with van der Waals surface area (Å²) in [7, 11) is 0. The van der Waals surface area contributed by atoms with Gasteiger partial charge in [0.1, 0.15) is 0 Å². The van der Waals surface area contributed by atoms with Crippen LogP contribution in [0.1, 0.15) is 78.0 Å². The standard InChI is InChI=1S/C21H27N3O4/c1-5-17(25)23-10-8-14(9-11-23)22-18(26)13-6-7-15-16(12-13)20(28)24(19(15)27)21(2,3)4/h6-7,12,14H,5,8-11H2,1-4H3,(H,22,26). The van der Waals surface area contributed by atoms with Gasteiger partial charge in [-0.1, -0.05) is 6.92 Å². The molecule has 150 valence electrons. The quantitative estimate of drug-likeness (QED) is 0.808. The van der Waals surface area contributed by atoms with Crippen molar-refractivity contribution in [3.8, 4) is 0 Å². The zero-order valence-corrected chi connectivity index (χ0v) is 16.9. The van der Waals surface area contributed by atoms with Crippen molar-refractivity contribution in [2.45, 2.75) is 58.5 Å². The lowest BCUT2D eigenvalue weighted by Gasteiger charge is -2.32. The van der Waals surface area contributed by atoms with E-state index in [9.17, 15) is 19.2 Å². The SMILES string of the molecule is CCC(=O)N1CCC(NC(=O)c2ccc3c(c2)C(=O)N(C(C)(C)C)C3=O)CC1. The highest BCUT2D eigenvalue weighted by atomic mass is 16.2. The molecule has 0 bridgehead atoms. The molecule has 1 N–H and O–H groups in total. The van der Waals surface area contributed by atoms with Crippen LogP contribution >= 0.6 is 0 Å². The van der Waals surface area contributed by atoms with Crippen LogP contribution in [0, 0.1) is 0 Å². The molecule has 2 aliphatic heterocycles. The van der Waals surface area contributed by atoms with Gasteiger partial charge < -0.3 is 10.2 Å². The third-order valence-electron chi connectivity index (χ3n) is 5.30. The minimum atomic E-state index is -0.625. The maximum absolute atomic E-state index is 12.7. The second-order valence-electron chi connectivity index (χ2n) is 8.36. The number of benzene rings is 1. The van der Waals surface area contributed by atoms with Gasteiger partial charge in [-0.25, -0.2) is 0 Å². The van der Waals surface area contributed by atoms with Crippen molar-refractivity contribution < 1.29 is 19.2 Å². The van der Waals surface area contributed by atoms with Crippen LogP contribution in [0.4, 0.5) is 0 Å². The minimum absolute atomic E-state index is 0.00920. The average Bonchev–Trinajstić information content (AvgIpc) is 2.91. The molecule has 7 nitrogen and oxygen atoms in total. The van der Waals surface area contributed by atoms with Gasteiger partial charge in [0, 0.05) is 36.7 Å². The first-order valence-corrected chi connectivity index (χ1v) is 9.75. The number of likely N-dealkylation sites (tertiary alicyclic amines) is 1. The van der Waals surface area contributed by atoms with Crippen molar-refractivity contribution in [2.24, 2.45) is 0 Å². The lowest BCUT2D eigenvalue weighted by Crippen LogP contribution is -2.46. The smallest absolute Gasteiger partial charge is 0.262 e. The first-order valence-electron chi connectivity index (χ1n) is 9.75. The van der Waals surface area contributed by atoms with Gasteiger partial charge in [-0.3, -0.25) is 24.1 Å². The van der Waals surface area contributed by atoms with Gasteiger partial charge in [-0.15, -0.1) is 0 Å². The van der Waals surface area contributed by atoms with E-state index in [1.165, 1.54) is 11.0 Å². The maximum atomic E-state index is 12.7. The van der Waals surface area contributed by atoms with Crippen molar-refractivity contribution in [1.29, 1.82) is 0 Å². The molecule has 2 aliphatic rings. The van der Waals surface area contributed by atoms with Crippen molar-refractivity contribution >= 4 is 23.6 Å². The maximum Gasteiger partial charge on any atom is 0.262 e. The average molecular weight is 385 g/mol. The van der Waals surface area contributed by atoms with Crippen molar-refractivity contribution in [3.05, 3.63) is 34.9 Å². The van der Waals surface area contributed by atoms with Crippen LogP contribution in [0.25, 0.3) is 0 Å². The second-order valence-corrected chi connectivity index (χ2v) is 8.36. The van der Waals surface area contributed by atoms with E-state index in [4.69, 9.17) is 0 Å². The lowest BCUT2D eigenvalue weighted by atomic mass is 10.0. The summed E-state index contributed by atoms with van der Waals surface area (Å²) in [5, 5.41) is 2.98. The summed E-state index contributed by atoms with van der Waals surface area (Å²) in [5.74, 6) is -0.825. The highest BCUT2D eigenvalue weighted by molar-refractivity contribution is 6.22. The predicted molar refractivity (Wildman–Crippen MR) is 104 cm³/mol. The highest BCUT2D eigenvalue weighted by Crippen LogP contribution is 2.30. The summed E-state index contributed by atoms with van der Waals surface area (Å²) in [5.41, 5.74) is 0.348. The molecule has 3 rings (SSSR count). The molecule has 2 heterocycles. The van der Waals surface area contributed by atoms with Crippen molar-refractivity contribution in [2.75, 3.05) is 13.1 Å². The molecular formula is C21H27N3O4. The Bertz CT molecular complexity index is 833. The number of imide groups is 1. The monoisotopic (exact) mass is 385 g/mol. The van der Waals surface area contributed by atoms with Crippen LogP contribution in [-0.2, 0) is 4.79 Å². The molecule has 7 heteroatoms. The van der Waals surface area contributed by atoms with Crippen LogP contribution < -0.4 is 5.32 Å². The van der Waals surface area contributed by atoms with E-state index in [2.05, 4.69) is 5.32 Å². The van der Waals surface area contributed by atoms with E-state index < -0.39 is 5.54 Å². The number of nitrogens with zero attached hydrogens (tertiary/aromatic N) is 2. The molecule has 1 aromatic carbocycles. The van der Waals surface area contributed by atoms with Crippen LogP contribution in [0.15, 0.2) is 18.2 Å². The molecule has 0 radical (unpaired) electrons. The zero-order valence-electron chi connectivity index (χ0n) is 16.9. The number of hydrogen-bond acceptors (Lipinski definition) is 4. The van der Waals surface area contributed by atoms with Gasteiger partial charge in [0.2, 0.25) is 5.91 Å². The van der Waals surface area contributed by atoms with E-state index >= 15 is 0 Å². The largest absolute Gasteiger partial charge is 0.349 e. The van der Waals surface area contributed by atoms with Gasteiger partial charge in [-0.2, -0.15) is 0 Å². The normalized spacial score (nSPS) is 17.7. The van der Waals surface area contributed by atoms with Gasteiger partial charge in [0.15, 0.2) is 0 Å². The Morgan fingerprint density at radius 2 is 1.68 bits per heavy atom. The molecule has 0 spiro atoms. The fraction of sp³-hybridized carbons (Fsp3) is 0.524. The van der Waals surface area contributed by atoms with Gasteiger partial charge in [0.25, 0.3) is 17.7 Å². The number of fused-ring (bicyclic) bond motifs is 1. The Morgan fingerprint density at radius 1 is 1.07 bits per heavy atom. The second kappa shape index (κ2) is 7.37. The number of hydrogen-bond donors (Lipinski definition) is 1. The predicted octanol–water partition coefficient (Wildman–Crippen LogP) is 2.21. The van der Waals surface area contributed by atoms with Gasteiger partial charge in [0.05, 0.1) is 11.1 Å². The number of carbonyl (C=O) groups is 4. The van der Waals surface area contributed by atoms with Crippen molar-refractivity contribution in [3.63, 3.8) is 0 Å². The Kier molecular flexibility index (Phi) is 5.28. The molecule has 0 aromatic heterocycles. The topological polar surface area (TPSA) is 86.8 Å². The summed E-state index contributed by atoms with van der Waals surface area (Å²) in [4.78, 5) is 52.7. The highest BCUT2D eigenvalue weighted by Gasteiger charge is 2.42. The fourth-order valence-corrected chi connectivity index (χ4v) is 3.76. The lowest BCUT2D eigenvalue weighted by molar-refractivity contribution is -0.131. The van der Waals surface area contributed by atoms with E-state index in [0.29, 0.717) is 43.5 Å². The number of carbonyl (C=O) groups excluding carboxylic acids is 4. The first-order chi connectivity index (χ1) is 13.1. The van der Waals surface area contributed by atoms with Crippen LogP contribution in [-0.4, -0.2) is 58.1 Å². The third-order valence-corrected chi connectivity index (χ3v) is 5.30. The summed E-state index contributed by atoms with van der Waals surface area (Å²) in [6.07, 6.45) is 1.90. The molecule has 0 saturated carbocycles. The summed E-state index contributed by atoms with van der Waals surface area (Å²) < 4.78 is 0. The van der Waals surface area contributed by atoms with Crippen LogP contribution in [0.2, 0.25) is 0 Å². The molecule has 1 saturated heterocycles. The molecule has 28 heavy (non-hydrogen) atoms. The molecule has 0 unspecified atom stereocenters. The van der Waals surface area contributed by atoms with E-state index in [1.807, 2.05) is 11.8 Å². The molecule has 1 aromatic rings. The Morgan fingerprint density at radius 3 is 2.25 bits per heavy atom. The zero-order chi connectivity index (χ0) is 20.6. The Balaban J connectivity index is 1.69. The molecule has 0 aliphatic carbocycles.